The third kappa shape index (κ3) is 4.66. The molecule has 0 saturated carbocycles. The van der Waals surface area contributed by atoms with Crippen molar-refractivity contribution >= 4 is 41.0 Å². The second-order valence-electron chi connectivity index (χ2n) is 7.37. The highest BCUT2D eigenvalue weighted by molar-refractivity contribution is 6.34. The lowest BCUT2D eigenvalue weighted by atomic mass is 10.2. The van der Waals surface area contributed by atoms with Crippen LogP contribution in [-0.4, -0.2) is 56.7 Å². The number of aromatic nitrogens is 5. The number of amides is 1. The summed E-state index contributed by atoms with van der Waals surface area (Å²) in [7, 11) is 1.74. The first-order chi connectivity index (χ1) is 15.5. The van der Waals surface area contributed by atoms with Crippen molar-refractivity contribution in [2.75, 3.05) is 41.8 Å². The molecule has 0 aliphatic carbocycles. The first-order valence-electron chi connectivity index (χ1n) is 10.4. The van der Waals surface area contributed by atoms with Gasteiger partial charge in [0.1, 0.15) is 11.5 Å². The molecule has 1 fully saturated rings. The maximum absolute atomic E-state index is 12.8. The van der Waals surface area contributed by atoms with Crippen molar-refractivity contribution in [2.24, 2.45) is 7.05 Å². The standard InChI is InChI=1S/C21H25ClN8O2/c1-4-16-24-19(28-21(25-16)30-8-10-32-11-9-30)27-20-23-12-15(29(20)3)18(31)26-17-13(2)6-5-7-14(17)22/h5-7,12H,4,8-11H2,1-3H3,(H,26,31)(H,23,24,25,27,28). The van der Waals surface area contributed by atoms with Gasteiger partial charge in [0, 0.05) is 26.6 Å². The van der Waals surface area contributed by atoms with Gasteiger partial charge in [-0.25, -0.2) is 4.98 Å². The highest BCUT2D eigenvalue weighted by atomic mass is 35.5. The fourth-order valence-corrected chi connectivity index (χ4v) is 3.60. The molecular weight excluding hydrogens is 432 g/mol. The number of rotatable bonds is 6. The molecule has 0 unspecified atom stereocenters. The Bertz CT molecular complexity index is 1110. The van der Waals surface area contributed by atoms with Crippen LogP contribution in [0.1, 0.15) is 28.8 Å². The van der Waals surface area contributed by atoms with E-state index in [4.69, 9.17) is 16.3 Å². The molecule has 0 spiro atoms. The number of imidazole rings is 1. The van der Waals surface area contributed by atoms with E-state index in [0.29, 0.717) is 59.7 Å². The van der Waals surface area contributed by atoms with Crippen molar-refractivity contribution in [1.82, 2.24) is 24.5 Å². The normalized spacial score (nSPS) is 13.8. The van der Waals surface area contributed by atoms with Gasteiger partial charge in [-0.15, -0.1) is 0 Å². The lowest BCUT2D eigenvalue weighted by molar-refractivity contribution is 0.101. The molecule has 10 nitrogen and oxygen atoms in total. The summed E-state index contributed by atoms with van der Waals surface area (Å²) in [5.74, 6) is 1.77. The number of carbonyl (C=O) groups excluding carboxylic acids is 1. The smallest absolute Gasteiger partial charge is 0.274 e. The molecule has 1 aliphatic heterocycles. The van der Waals surface area contributed by atoms with Gasteiger partial charge < -0.3 is 19.5 Å². The summed E-state index contributed by atoms with van der Waals surface area (Å²) in [6.07, 6.45) is 2.16. The van der Waals surface area contributed by atoms with E-state index in [2.05, 4.69) is 35.5 Å². The summed E-state index contributed by atoms with van der Waals surface area (Å²) in [6, 6.07) is 5.46. The summed E-state index contributed by atoms with van der Waals surface area (Å²) < 4.78 is 7.06. The Kier molecular flexibility index (Phi) is 6.52. The van der Waals surface area contributed by atoms with E-state index in [9.17, 15) is 4.79 Å². The van der Waals surface area contributed by atoms with Crippen LogP contribution < -0.4 is 15.5 Å². The number of halogens is 1. The Balaban J connectivity index is 1.55. The van der Waals surface area contributed by atoms with Crippen molar-refractivity contribution in [3.05, 3.63) is 46.5 Å². The van der Waals surface area contributed by atoms with Crippen LogP contribution in [0.15, 0.2) is 24.4 Å². The molecule has 1 aliphatic rings. The van der Waals surface area contributed by atoms with Gasteiger partial charge in [-0.3, -0.25) is 10.1 Å². The number of anilines is 4. The Morgan fingerprint density at radius 3 is 2.72 bits per heavy atom. The van der Waals surface area contributed by atoms with Crippen molar-refractivity contribution in [3.63, 3.8) is 0 Å². The largest absolute Gasteiger partial charge is 0.378 e. The van der Waals surface area contributed by atoms with Crippen LogP contribution in [0.3, 0.4) is 0 Å². The molecule has 32 heavy (non-hydrogen) atoms. The van der Waals surface area contributed by atoms with E-state index >= 15 is 0 Å². The van der Waals surface area contributed by atoms with E-state index in [1.54, 1.807) is 17.7 Å². The van der Waals surface area contributed by atoms with Gasteiger partial charge in [0.15, 0.2) is 0 Å². The van der Waals surface area contributed by atoms with Gasteiger partial charge in [0.2, 0.25) is 17.8 Å². The van der Waals surface area contributed by atoms with Gasteiger partial charge in [0.05, 0.1) is 30.1 Å². The summed E-state index contributed by atoms with van der Waals surface area (Å²) in [5.41, 5.74) is 1.82. The average Bonchev–Trinajstić information content (AvgIpc) is 3.16. The maximum Gasteiger partial charge on any atom is 0.274 e. The number of hydrogen-bond donors (Lipinski definition) is 2. The molecule has 1 saturated heterocycles. The van der Waals surface area contributed by atoms with Crippen molar-refractivity contribution in [2.45, 2.75) is 20.3 Å². The number of carbonyl (C=O) groups is 1. The molecule has 2 aromatic heterocycles. The van der Waals surface area contributed by atoms with Crippen LogP contribution in [0.2, 0.25) is 5.02 Å². The van der Waals surface area contributed by atoms with Crippen LogP contribution >= 0.6 is 11.6 Å². The fourth-order valence-electron chi connectivity index (χ4n) is 3.33. The monoisotopic (exact) mass is 456 g/mol. The molecule has 3 aromatic rings. The van der Waals surface area contributed by atoms with Crippen LogP contribution in [-0.2, 0) is 18.2 Å². The summed E-state index contributed by atoms with van der Waals surface area (Å²) in [5, 5.41) is 6.46. The Hall–Kier alpha value is -3.24. The maximum atomic E-state index is 12.8. The number of para-hydroxylation sites is 1. The molecule has 0 radical (unpaired) electrons. The number of hydrogen-bond acceptors (Lipinski definition) is 8. The molecule has 3 heterocycles. The van der Waals surface area contributed by atoms with Crippen LogP contribution in [0.5, 0.6) is 0 Å². The fraction of sp³-hybridized carbons (Fsp3) is 0.381. The topological polar surface area (TPSA) is 110 Å². The quantitative estimate of drug-likeness (QED) is 0.582. The number of nitrogens with one attached hydrogen (secondary N) is 2. The minimum atomic E-state index is -0.317. The number of nitrogens with zero attached hydrogens (tertiary/aromatic N) is 6. The number of morpholine rings is 1. The van der Waals surface area contributed by atoms with E-state index in [1.165, 1.54) is 6.20 Å². The second-order valence-corrected chi connectivity index (χ2v) is 7.77. The lowest BCUT2D eigenvalue weighted by Gasteiger charge is -2.27. The highest BCUT2D eigenvalue weighted by Crippen LogP contribution is 2.26. The Labute approximate surface area is 191 Å². The van der Waals surface area contributed by atoms with Gasteiger partial charge in [-0.2, -0.15) is 15.0 Å². The predicted molar refractivity (Wildman–Crippen MR) is 123 cm³/mol. The average molecular weight is 457 g/mol. The first kappa shape index (κ1) is 22.0. The first-order valence-corrected chi connectivity index (χ1v) is 10.8. The molecule has 4 rings (SSSR count). The second kappa shape index (κ2) is 9.49. The predicted octanol–water partition coefficient (Wildman–Crippen LogP) is 2.96. The zero-order chi connectivity index (χ0) is 22.7. The summed E-state index contributed by atoms with van der Waals surface area (Å²) in [6.45, 7) is 6.59. The summed E-state index contributed by atoms with van der Waals surface area (Å²) in [4.78, 5) is 32.8. The van der Waals surface area contributed by atoms with Crippen molar-refractivity contribution in [3.8, 4) is 0 Å². The minimum Gasteiger partial charge on any atom is -0.378 e. The molecule has 2 N–H and O–H groups in total. The Morgan fingerprint density at radius 1 is 1.22 bits per heavy atom. The van der Waals surface area contributed by atoms with E-state index < -0.39 is 0 Å². The van der Waals surface area contributed by atoms with E-state index in [0.717, 1.165) is 18.7 Å². The van der Waals surface area contributed by atoms with Gasteiger partial charge in [-0.05, 0) is 18.6 Å². The molecule has 0 atom stereocenters. The molecule has 168 valence electrons. The van der Waals surface area contributed by atoms with Crippen LogP contribution in [0.4, 0.5) is 23.5 Å². The van der Waals surface area contributed by atoms with Crippen molar-refractivity contribution < 1.29 is 9.53 Å². The van der Waals surface area contributed by atoms with Crippen molar-refractivity contribution in [1.29, 1.82) is 0 Å². The zero-order valence-corrected chi connectivity index (χ0v) is 19.0. The molecular formula is C21H25ClN8O2. The van der Waals surface area contributed by atoms with Gasteiger partial charge in [-0.1, -0.05) is 30.7 Å². The Morgan fingerprint density at radius 2 is 2.00 bits per heavy atom. The third-order valence-corrected chi connectivity index (χ3v) is 5.50. The van der Waals surface area contributed by atoms with E-state index in [-0.39, 0.29) is 5.91 Å². The SMILES string of the molecule is CCc1nc(Nc2ncc(C(=O)Nc3c(C)cccc3Cl)n2C)nc(N2CCOCC2)n1. The number of benzene rings is 1. The molecule has 11 heteroatoms. The van der Waals surface area contributed by atoms with Crippen LogP contribution in [0, 0.1) is 6.92 Å². The van der Waals surface area contributed by atoms with E-state index in [1.807, 2.05) is 26.0 Å². The molecule has 1 amide bonds. The van der Waals surface area contributed by atoms with Gasteiger partial charge >= 0.3 is 0 Å². The summed E-state index contributed by atoms with van der Waals surface area (Å²) >= 11 is 6.24. The molecule has 0 bridgehead atoms. The third-order valence-electron chi connectivity index (χ3n) is 5.18. The minimum absolute atomic E-state index is 0.317. The zero-order valence-electron chi connectivity index (χ0n) is 18.2. The van der Waals surface area contributed by atoms with Gasteiger partial charge in [0.25, 0.3) is 5.91 Å². The molecule has 1 aromatic carbocycles. The number of aryl methyl sites for hydroxylation is 2. The number of ether oxygens (including phenoxy) is 1. The van der Waals surface area contributed by atoms with Crippen LogP contribution in [0.25, 0.3) is 0 Å². The highest BCUT2D eigenvalue weighted by Gasteiger charge is 2.19. The lowest BCUT2D eigenvalue weighted by Crippen LogP contribution is -2.37.